The second-order valence-corrected chi connectivity index (χ2v) is 5.23. The Morgan fingerprint density at radius 1 is 1.24 bits per heavy atom. The number of hydrogen-bond donors (Lipinski definition) is 1. The molecule has 0 saturated carbocycles. The van der Waals surface area contributed by atoms with E-state index in [0.29, 0.717) is 6.04 Å². The molecule has 1 atom stereocenters. The quantitative estimate of drug-likeness (QED) is 0.849. The Hall–Kier alpha value is -0.810. The number of rotatable bonds is 4. The Morgan fingerprint density at radius 3 is 2.65 bits per heavy atom. The molecule has 0 spiro atoms. The molecular weight excluding hydrogens is 325 g/mol. The van der Waals surface area contributed by atoms with E-state index in [-0.39, 0.29) is 0 Å². The molecule has 90 valence electrons. The van der Waals surface area contributed by atoms with Crippen molar-refractivity contribution < 1.29 is 4.42 Å². The van der Waals surface area contributed by atoms with Crippen LogP contribution in [0.5, 0.6) is 0 Å². The molecule has 0 radical (unpaired) electrons. The van der Waals surface area contributed by atoms with Gasteiger partial charge in [-0.2, -0.15) is 0 Å². The maximum Gasteiger partial charge on any atom is 0.164 e. The molecule has 2 aromatic rings. The fraction of sp³-hybridized carbons (Fsp3) is 0.286. The van der Waals surface area contributed by atoms with Crippen molar-refractivity contribution in [3.63, 3.8) is 0 Å². The van der Waals surface area contributed by atoms with Crippen LogP contribution in [0.3, 0.4) is 0 Å². The molecule has 3 heteroatoms. The SMILES string of the molecule is Cc1ccccc1[C@@H](C)NCc1ccc(I)o1. The summed E-state index contributed by atoms with van der Waals surface area (Å²) >= 11 is 2.18. The van der Waals surface area contributed by atoms with E-state index in [1.165, 1.54) is 11.1 Å². The van der Waals surface area contributed by atoms with E-state index in [1.54, 1.807) is 0 Å². The molecule has 17 heavy (non-hydrogen) atoms. The van der Waals surface area contributed by atoms with Gasteiger partial charge in [0.15, 0.2) is 3.77 Å². The molecule has 1 aromatic carbocycles. The van der Waals surface area contributed by atoms with Gasteiger partial charge in [0.2, 0.25) is 0 Å². The van der Waals surface area contributed by atoms with Gasteiger partial charge in [0.05, 0.1) is 6.54 Å². The molecule has 1 N–H and O–H groups in total. The molecule has 0 aliphatic carbocycles. The molecular formula is C14H16INO. The van der Waals surface area contributed by atoms with Crippen molar-refractivity contribution in [3.05, 3.63) is 57.1 Å². The van der Waals surface area contributed by atoms with Crippen LogP contribution in [0.15, 0.2) is 40.8 Å². The van der Waals surface area contributed by atoms with E-state index in [9.17, 15) is 0 Å². The first-order chi connectivity index (χ1) is 8.16. The van der Waals surface area contributed by atoms with Gasteiger partial charge in [-0.15, -0.1) is 0 Å². The predicted octanol–water partition coefficient (Wildman–Crippen LogP) is 4.04. The van der Waals surface area contributed by atoms with Crippen LogP contribution in [0.2, 0.25) is 0 Å². The van der Waals surface area contributed by atoms with E-state index in [2.05, 4.69) is 66.0 Å². The third-order valence-electron chi connectivity index (χ3n) is 2.87. The average Bonchev–Trinajstić information content (AvgIpc) is 2.73. The number of benzene rings is 1. The molecule has 1 aromatic heterocycles. The summed E-state index contributed by atoms with van der Waals surface area (Å²) in [6.07, 6.45) is 0. The zero-order valence-electron chi connectivity index (χ0n) is 10.0. The Morgan fingerprint density at radius 2 is 2.00 bits per heavy atom. The van der Waals surface area contributed by atoms with Crippen LogP contribution >= 0.6 is 22.6 Å². The Kier molecular flexibility index (Phi) is 4.23. The van der Waals surface area contributed by atoms with E-state index in [0.717, 1.165) is 16.1 Å². The van der Waals surface area contributed by atoms with Gasteiger partial charge in [-0.25, -0.2) is 0 Å². The molecule has 2 rings (SSSR count). The largest absolute Gasteiger partial charge is 0.454 e. The van der Waals surface area contributed by atoms with Gasteiger partial charge in [0.1, 0.15) is 5.76 Å². The van der Waals surface area contributed by atoms with Crippen molar-refractivity contribution >= 4 is 22.6 Å². The minimum absolute atomic E-state index is 0.332. The normalized spacial score (nSPS) is 12.6. The van der Waals surface area contributed by atoms with E-state index >= 15 is 0 Å². The number of halogens is 1. The molecule has 0 unspecified atom stereocenters. The summed E-state index contributed by atoms with van der Waals surface area (Å²) in [5.74, 6) is 0.981. The lowest BCUT2D eigenvalue weighted by molar-refractivity contribution is 0.444. The standard InChI is InChI=1S/C14H16INO/c1-10-5-3-4-6-13(10)11(2)16-9-12-7-8-14(15)17-12/h3-8,11,16H,9H2,1-2H3/t11-/m1/s1. The maximum absolute atomic E-state index is 5.52. The summed E-state index contributed by atoms with van der Waals surface area (Å²) in [5, 5.41) is 3.47. The summed E-state index contributed by atoms with van der Waals surface area (Å²) in [4.78, 5) is 0. The highest BCUT2D eigenvalue weighted by Crippen LogP contribution is 2.17. The summed E-state index contributed by atoms with van der Waals surface area (Å²) < 4.78 is 6.46. The van der Waals surface area contributed by atoms with Gasteiger partial charge in [-0.05, 0) is 59.7 Å². The van der Waals surface area contributed by atoms with Gasteiger partial charge in [0, 0.05) is 6.04 Å². The van der Waals surface area contributed by atoms with Gasteiger partial charge >= 0.3 is 0 Å². The van der Waals surface area contributed by atoms with Crippen molar-refractivity contribution in [1.29, 1.82) is 0 Å². The third kappa shape index (κ3) is 3.33. The highest BCUT2D eigenvalue weighted by atomic mass is 127. The van der Waals surface area contributed by atoms with E-state index < -0.39 is 0 Å². The topological polar surface area (TPSA) is 25.2 Å². The Balaban J connectivity index is 1.98. The van der Waals surface area contributed by atoms with E-state index in [1.807, 2.05) is 12.1 Å². The lowest BCUT2D eigenvalue weighted by Gasteiger charge is -2.15. The van der Waals surface area contributed by atoms with Crippen molar-refractivity contribution in [3.8, 4) is 0 Å². The van der Waals surface area contributed by atoms with Crippen LogP contribution in [0.4, 0.5) is 0 Å². The second kappa shape index (κ2) is 5.69. The number of hydrogen-bond acceptors (Lipinski definition) is 2. The number of aryl methyl sites for hydroxylation is 1. The molecule has 2 nitrogen and oxygen atoms in total. The smallest absolute Gasteiger partial charge is 0.164 e. The van der Waals surface area contributed by atoms with E-state index in [4.69, 9.17) is 4.42 Å². The van der Waals surface area contributed by atoms with Gasteiger partial charge in [-0.3, -0.25) is 0 Å². The minimum atomic E-state index is 0.332. The minimum Gasteiger partial charge on any atom is -0.454 e. The lowest BCUT2D eigenvalue weighted by Crippen LogP contribution is -2.18. The van der Waals surface area contributed by atoms with Crippen molar-refractivity contribution in [1.82, 2.24) is 5.32 Å². The van der Waals surface area contributed by atoms with Crippen molar-refractivity contribution in [2.45, 2.75) is 26.4 Å². The molecule has 1 heterocycles. The van der Waals surface area contributed by atoms with Crippen LogP contribution in [-0.2, 0) is 6.54 Å². The van der Waals surface area contributed by atoms with Gasteiger partial charge in [-0.1, -0.05) is 24.3 Å². The van der Waals surface area contributed by atoms with Crippen LogP contribution in [0.1, 0.15) is 29.9 Å². The zero-order chi connectivity index (χ0) is 12.3. The van der Waals surface area contributed by atoms with Crippen LogP contribution in [-0.4, -0.2) is 0 Å². The fourth-order valence-electron chi connectivity index (χ4n) is 1.88. The first-order valence-electron chi connectivity index (χ1n) is 5.70. The highest BCUT2D eigenvalue weighted by Gasteiger charge is 2.08. The maximum atomic E-state index is 5.52. The summed E-state index contributed by atoms with van der Waals surface area (Å²) in [5.41, 5.74) is 2.66. The van der Waals surface area contributed by atoms with Crippen molar-refractivity contribution in [2.75, 3.05) is 0 Å². The van der Waals surface area contributed by atoms with Crippen LogP contribution < -0.4 is 5.32 Å². The van der Waals surface area contributed by atoms with Gasteiger partial charge < -0.3 is 9.73 Å². The second-order valence-electron chi connectivity index (χ2n) is 4.16. The average molecular weight is 341 g/mol. The predicted molar refractivity (Wildman–Crippen MR) is 77.9 cm³/mol. The van der Waals surface area contributed by atoms with Crippen LogP contribution in [0, 0.1) is 10.7 Å². The Labute approximate surface area is 116 Å². The summed E-state index contributed by atoms with van der Waals surface area (Å²) in [6, 6.07) is 12.8. The molecule has 0 bridgehead atoms. The summed E-state index contributed by atoms with van der Waals surface area (Å²) in [7, 11) is 0. The fourth-order valence-corrected chi connectivity index (χ4v) is 2.35. The number of furan rings is 1. The lowest BCUT2D eigenvalue weighted by atomic mass is 10.0. The molecule has 0 saturated heterocycles. The first kappa shape index (κ1) is 12.6. The monoisotopic (exact) mass is 341 g/mol. The highest BCUT2D eigenvalue weighted by molar-refractivity contribution is 14.1. The van der Waals surface area contributed by atoms with Crippen molar-refractivity contribution in [2.24, 2.45) is 0 Å². The summed E-state index contributed by atoms with van der Waals surface area (Å²) in [6.45, 7) is 5.08. The zero-order valence-corrected chi connectivity index (χ0v) is 12.2. The Bertz CT molecular complexity index is 492. The first-order valence-corrected chi connectivity index (χ1v) is 6.78. The van der Waals surface area contributed by atoms with Crippen LogP contribution in [0.25, 0.3) is 0 Å². The molecule has 0 aliphatic heterocycles. The molecule has 0 fully saturated rings. The van der Waals surface area contributed by atoms with Gasteiger partial charge in [0.25, 0.3) is 0 Å². The number of nitrogens with one attached hydrogen (secondary N) is 1. The third-order valence-corrected chi connectivity index (χ3v) is 3.45. The molecule has 0 aliphatic rings. The molecule has 0 amide bonds.